The van der Waals surface area contributed by atoms with Crippen LogP contribution in [0.3, 0.4) is 0 Å². The minimum Gasteiger partial charge on any atom is -0.481 e. The van der Waals surface area contributed by atoms with Crippen molar-refractivity contribution in [1.82, 2.24) is 0 Å². The van der Waals surface area contributed by atoms with Gasteiger partial charge in [0.05, 0.1) is 22.1 Å². The molecule has 1 amide bonds. The Balaban J connectivity index is 2.52. The third kappa shape index (κ3) is 4.65. The van der Waals surface area contributed by atoms with Crippen molar-refractivity contribution in [3.05, 3.63) is 28.8 Å². The average molecular weight is 285 g/mol. The predicted octanol–water partition coefficient (Wildman–Crippen LogP) is 1.97. The summed E-state index contributed by atoms with van der Waals surface area (Å²) in [6, 6.07) is 6.44. The van der Waals surface area contributed by atoms with E-state index in [1.54, 1.807) is 6.07 Å². The molecular weight excluding hydrogens is 276 g/mol. The minimum absolute atomic E-state index is 0.0456. The van der Waals surface area contributed by atoms with E-state index in [9.17, 15) is 9.59 Å². The zero-order valence-corrected chi connectivity index (χ0v) is 10.7. The first kappa shape index (κ1) is 14.4. The number of carbonyl (C=O) groups excluding carboxylic acids is 1. The van der Waals surface area contributed by atoms with Gasteiger partial charge >= 0.3 is 5.97 Å². The maximum absolute atomic E-state index is 11.4. The number of benzene rings is 1. The van der Waals surface area contributed by atoms with Crippen LogP contribution in [0.2, 0.25) is 5.02 Å². The number of carboxylic acids is 1. The van der Waals surface area contributed by atoms with Crippen LogP contribution in [0.15, 0.2) is 18.2 Å². The molecule has 0 heterocycles. The molecule has 1 aromatic rings. The molecule has 1 rings (SSSR count). The van der Waals surface area contributed by atoms with Gasteiger partial charge in [-0.05, 0) is 18.2 Å². The Hall–Kier alpha value is -1.71. The van der Waals surface area contributed by atoms with E-state index in [0.29, 0.717) is 11.3 Å². The normalized spacial score (nSPS) is 9.56. The van der Waals surface area contributed by atoms with E-state index in [1.165, 1.54) is 12.1 Å². The van der Waals surface area contributed by atoms with Gasteiger partial charge in [0.25, 0.3) is 0 Å². The maximum atomic E-state index is 11.4. The molecule has 0 unspecified atom stereocenters. The van der Waals surface area contributed by atoms with E-state index >= 15 is 0 Å². The number of thioether (sulfide) groups is 1. The van der Waals surface area contributed by atoms with E-state index in [2.05, 4.69) is 5.32 Å². The molecule has 0 aromatic heterocycles. The lowest BCUT2D eigenvalue weighted by atomic mass is 10.2. The fourth-order valence-corrected chi connectivity index (χ4v) is 1.87. The number of nitrogens with zero attached hydrogens (tertiary/aromatic N) is 1. The standard InChI is InChI=1S/C11H9ClN2O3S/c12-9-3-8(2-1-7(9)4-13)14-10(15)5-18-6-11(16)17/h1-3H,5-6H2,(H,14,15)(H,16,17). The number of carboxylic acid groups (broad SMARTS) is 1. The molecule has 18 heavy (non-hydrogen) atoms. The number of anilines is 1. The van der Waals surface area contributed by atoms with E-state index in [-0.39, 0.29) is 22.4 Å². The van der Waals surface area contributed by atoms with Crippen molar-refractivity contribution in [2.24, 2.45) is 0 Å². The van der Waals surface area contributed by atoms with Crippen LogP contribution in [-0.4, -0.2) is 28.5 Å². The first-order valence-electron chi connectivity index (χ1n) is 4.82. The summed E-state index contributed by atoms with van der Waals surface area (Å²) < 4.78 is 0. The summed E-state index contributed by atoms with van der Waals surface area (Å²) in [6.07, 6.45) is 0. The lowest BCUT2D eigenvalue weighted by Crippen LogP contribution is -2.15. The number of halogens is 1. The van der Waals surface area contributed by atoms with Crippen LogP contribution in [0.1, 0.15) is 5.56 Å². The average Bonchev–Trinajstić information content (AvgIpc) is 2.28. The smallest absolute Gasteiger partial charge is 0.313 e. The third-order valence-corrected chi connectivity index (χ3v) is 3.06. The van der Waals surface area contributed by atoms with Crippen LogP contribution >= 0.6 is 23.4 Å². The Labute approximate surface area is 113 Å². The maximum Gasteiger partial charge on any atom is 0.313 e. The fraction of sp³-hybridized carbons (Fsp3) is 0.182. The number of rotatable bonds is 5. The van der Waals surface area contributed by atoms with Crippen LogP contribution in [-0.2, 0) is 9.59 Å². The molecule has 0 bridgehead atoms. The van der Waals surface area contributed by atoms with Gasteiger partial charge in [-0.2, -0.15) is 5.26 Å². The molecule has 1 aromatic carbocycles. The van der Waals surface area contributed by atoms with Crippen molar-refractivity contribution in [1.29, 1.82) is 5.26 Å². The van der Waals surface area contributed by atoms with Crippen molar-refractivity contribution in [3.63, 3.8) is 0 Å². The van der Waals surface area contributed by atoms with Crippen molar-refractivity contribution >= 4 is 40.9 Å². The van der Waals surface area contributed by atoms with Gasteiger partial charge < -0.3 is 10.4 Å². The number of hydrogen-bond donors (Lipinski definition) is 2. The molecule has 94 valence electrons. The largest absolute Gasteiger partial charge is 0.481 e. The lowest BCUT2D eigenvalue weighted by Gasteiger charge is -2.05. The molecule has 0 saturated heterocycles. The monoisotopic (exact) mass is 284 g/mol. The quantitative estimate of drug-likeness (QED) is 0.863. The molecular formula is C11H9ClN2O3S. The Kier molecular flexibility index (Phi) is 5.49. The first-order valence-corrected chi connectivity index (χ1v) is 6.35. The molecule has 5 nitrogen and oxygen atoms in total. The number of nitriles is 1. The van der Waals surface area contributed by atoms with Crippen LogP contribution < -0.4 is 5.32 Å². The van der Waals surface area contributed by atoms with Crippen molar-refractivity contribution in [2.75, 3.05) is 16.8 Å². The molecule has 0 atom stereocenters. The molecule has 0 radical (unpaired) electrons. The lowest BCUT2D eigenvalue weighted by molar-refractivity contribution is -0.133. The van der Waals surface area contributed by atoms with E-state index in [1.807, 2.05) is 6.07 Å². The molecule has 0 fully saturated rings. The number of carbonyl (C=O) groups is 2. The van der Waals surface area contributed by atoms with Gasteiger partial charge in [0, 0.05) is 5.69 Å². The summed E-state index contributed by atoms with van der Waals surface area (Å²) in [6.45, 7) is 0. The van der Waals surface area contributed by atoms with Gasteiger partial charge in [-0.25, -0.2) is 0 Å². The summed E-state index contributed by atoms with van der Waals surface area (Å²) in [7, 11) is 0. The summed E-state index contributed by atoms with van der Waals surface area (Å²) in [5, 5.41) is 19.9. The summed E-state index contributed by atoms with van der Waals surface area (Å²) in [5.41, 5.74) is 0.801. The highest BCUT2D eigenvalue weighted by molar-refractivity contribution is 8.00. The first-order chi connectivity index (χ1) is 8.52. The fourth-order valence-electron chi connectivity index (χ4n) is 1.11. The van der Waals surface area contributed by atoms with Gasteiger partial charge in [-0.3, -0.25) is 9.59 Å². The van der Waals surface area contributed by atoms with Crippen molar-refractivity contribution in [2.45, 2.75) is 0 Å². The Morgan fingerprint density at radius 3 is 2.72 bits per heavy atom. The van der Waals surface area contributed by atoms with Gasteiger partial charge in [0.15, 0.2) is 0 Å². The highest BCUT2D eigenvalue weighted by Crippen LogP contribution is 2.20. The number of nitrogens with one attached hydrogen (secondary N) is 1. The van der Waals surface area contributed by atoms with Crippen LogP contribution in [0.25, 0.3) is 0 Å². The molecule has 2 N–H and O–H groups in total. The molecule has 0 aliphatic heterocycles. The highest BCUT2D eigenvalue weighted by Gasteiger charge is 2.06. The van der Waals surface area contributed by atoms with E-state index in [0.717, 1.165) is 11.8 Å². The van der Waals surface area contributed by atoms with Gasteiger partial charge in [0.1, 0.15) is 6.07 Å². The molecule has 0 spiro atoms. The van der Waals surface area contributed by atoms with Crippen LogP contribution in [0.5, 0.6) is 0 Å². The molecule has 0 aliphatic carbocycles. The highest BCUT2D eigenvalue weighted by atomic mass is 35.5. The van der Waals surface area contributed by atoms with Gasteiger partial charge in [0.2, 0.25) is 5.91 Å². The Bertz CT molecular complexity index is 514. The number of amides is 1. The Morgan fingerprint density at radius 2 is 2.17 bits per heavy atom. The van der Waals surface area contributed by atoms with Gasteiger partial charge in [-0.15, -0.1) is 11.8 Å². The van der Waals surface area contributed by atoms with E-state index in [4.69, 9.17) is 22.0 Å². The Morgan fingerprint density at radius 1 is 1.44 bits per heavy atom. The predicted molar refractivity (Wildman–Crippen MR) is 69.8 cm³/mol. The zero-order chi connectivity index (χ0) is 13.5. The third-order valence-electron chi connectivity index (χ3n) is 1.83. The summed E-state index contributed by atoms with van der Waals surface area (Å²) >= 11 is 6.81. The second-order valence-corrected chi connectivity index (χ2v) is 4.63. The van der Waals surface area contributed by atoms with Crippen molar-refractivity contribution in [3.8, 4) is 6.07 Å². The molecule has 7 heteroatoms. The second-order valence-electron chi connectivity index (χ2n) is 3.24. The zero-order valence-electron chi connectivity index (χ0n) is 9.14. The van der Waals surface area contributed by atoms with Crippen molar-refractivity contribution < 1.29 is 14.7 Å². The summed E-state index contributed by atoms with van der Waals surface area (Å²) in [4.78, 5) is 21.7. The molecule has 0 saturated carbocycles. The van der Waals surface area contributed by atoms with Crippen LogP contribution in [0.4, 0.5) is 5.69 Å². The van der Waals surface area contributed by atoms with E-state index < -0.39 is 5.97 Å². The van der Waals surface area contributed by atoms with Gasteiger partial charge in [-0.1, -0.05) is 11.6 Å². The summed E-state index contributed by atoms with van der Waals surface area (Å²) in [5.74, 6) is -1.36. The molecule has 0 aliphatic rings. The second kappa shape index (κ2) is 6.89. The number of hydrogen-bond acceptors (Lipinski definition) is 4. The van der Waals surface area contributed by atoms with Crippen LogP contribution in [0, 0.1) is 11.3 Å². The SMILES string of the molecule is N#Cc1ccc(NC(=O)CSCC(=O)O)cc1Cl. The topological polar surface area (TPSA) is 90.2 Å². The number of aliphatic carboxylic acids is 1. The minimum atomic E-state index is -0.964.